The van der Waals surface area contributed by atoms with Gasteiger partial charge in [0.2, 0.25) is 0 Å². The number of fused-ring (bicyclic) bond motifs is 1. The number of halogens is 1. The first-order valence-corrected chi connectivity index (χ1v) is 7.91. The van der Waals surface area contributed by atoms with Crippen LogP contribution in [-0.2, 0) is 13.6 Å². The number of thiophene rings is 1. The molecular formula is C13H11BrN4O2S. The van der Waals surface area contributed by atoms with Crippen LogP contribution in [0.3, 0.4) is 0 Å². The molecule has 0 saturated carbocycles. The van der Waals surface area contributed by atoms with E-state index in [0.29, 0.717) is 18.1 Å². The third-order valence-electron chi connectivity index (χ3n) is 3.15. The molecule has 0 fully saturated rings. The van der Waals surface area contributed by atoms with E-state index in [-0.39, 0.29) is 5.69 Å². The first kappa shape index (κ1) is 14.2. The standard InChI is InChI=1S/C13H11BrN4O2S/c1-3-18-5-8(9-4-7(14)6-21-9)15-10-11(18)16-13(20)17(2)12(10)19/h4-6H,3H2,1-2H3. The van der Waals surface area contributed by atoms with E-state index in [4.69, 9.17) is 0 Å². The Morgan fingerprint density at radius 2 is 2.10 bits per heavy atom. The van der Waals surface area contributed by atoms with Gasteiger partial charge in [0, 0.05) is 29.6 Å². The summed E-state index contributed by atoms with van der Waals surface area (Å²) in [5.74, 6) is 0.324. The Labute approximate surface area is 132 Å². The third kappa shape index (κ3) is 2.34. The predicted octanol–water partition coefficient (Wildman–Crippen LogP) is 1.95. The molecule has 0 aliphatic carbocycles. The molecule has 3 heterocycles. The predicted molar refractivity (Wildman–Crippen MR) is 84.8 cm³/mol. The summed E-state index contributed by atoms with van der Waals surface area (Å²) in [7, 11) is 1.41. The van der Waals surface area contributed by atoms with Crippen LogP contribution in [-0.4, -0.2) is 19.1 Å². The molecule has 0 saturated heterocycles. The average Bonchev–Trinajstić information content (AvgIpc) is 2.91. The molecule has 21 heavy (non-hydrogen) atoms. The van der Waals surface area contributed by atoms with Gasteiger partial charge in [-0.1, -0.05) is 0 Å². The van der Waals surface area contributed by atoms with Crippen molar-refractivity contribution in [2.75, 3.05) is 0 Å². The minimum absolute atomic E-state index is 0.209. The summed E-state index contributed by atoms with van der Waals surface area (Å²) in [4.78, 5) is 33.2. The quantitative estimate of drug-likeness (QED) is 0.694. The Hall–Kier alpha value is -1.80. The number of hydrogen-bond acceptors (Lipinski definition) is 5. The number of hydrogen-bond donors (Lipinski definition) is 0. The minimum atomic E-state index is -0.567. The van der Waals surface area contributed by atoms with E-state index < -0.39 is 11.2 Å². The molecule has 0 radical (unpaired) electrons. The second-order valence-corrected chi connectivity index (χ2v) is 6.30. The van der Waals surface area contributed by atoms with Crippen molar-refractivity contribution in [1.82, 2.24) is 19.1 Å². The second kappa shape index (κ2) is 5.19. The molecule has 0 amide bonds. The van der Waals surface area contributed by atoms with Gasteiger partial charge in [0.05, 0.1) is 10.6 Å². The van der Waals surface area contributed by atoms with Gasteiger partial charge < -0.3 is 4.57 Å². The number of aryl methyl sites for hydroxylation is 1. The van der Waals surface area contributed by atoms with Crippen molar-refractivity contribution in [2.24, 2.45) is 7.05 Å². The smallest absolute Gasteiger partial charge is 0.329 e. The molecule has 0 unspecified atom stereocenters. The van der Waals surface area contributed by atoms with Crippen LogP contribution in [0, 0.1) is 0 Å². The topological polar surface area (TPSA) is 69.8 Å². The summed E-state index contributed by atoms with van der Waals surface area (Å²) in [5, 5.41) is 1.95. The molecule has 0 spiro atoms. The zero-order valence-electron chi connectivity index (χ0n) is 11.3. The molecular weight excluding hydrogens is 356 g/mol. The molecule has 1 aromatic rings. The molecule has 0 aromatic carbocycles. The van der Waals surface area contributed by atoms with Gasteiger partial charge in [0.15, 0.2) is 11.5 Å². The van der Waals surface area contributed by atoms with Crippen LogP contribution in [0.15, 0.2) is 31.7 Å². The Balaban J connectivity index is 2.38. The molecule has 6 nitrogen and oxygen atoms in total. The highest BCUT2D eigenvalue weighted by molar-refractivity contribution is 9.10. The van der Waals surface area contributed by atoms with Gasteiger partial charge in [-0.25, -0.2) is 9.78 Å². The highest BCUT2D eigenvalue weighted by Crippen LogP contribution is 2.29. The lowest BCUT2D eigenvalue weighted by Gasteiger charge is -2.13. The van der Waals surface area contributed by atoms with Gasteiger partial charge >= 0.3 is 5.69 Å². The molecule has 8 heteroatoms. The van der Waals surface area contributed by atoms with Crippen molar-refractivity contribution in [3.05, 3.63) is 43.0 Å². The van der Waals surface area contributed by atoms with Crippen molar-refractivity contribution in [3.63, 3.8) is 0 Å². The van der Waals surface area contributed by atoms with Crippen molar-refractivity contribution >= 4 is 27.3 Å². The van der Waals surface area contributed by atoms with E-state index in [1.807, 2.05) is 24.6 Å². The zero-order valence-corrected chi connectivity index (χ0v) is 13.7. The molecule has 3 rings (SSSR count). The van der Waals surface area contributed by atoms with Gasteiger partial charge in [0.25, 0.3) is 5.56 Å². The Kier molecular flexibility index (Phi) is 3.50. The lowest BCUT2D eigenvalue weighted by atomic mass is 10.3. The largest absolute Gasteiger partial charge is 0.352 e. The Bertz CT molecular complexity index is 911. The van der Waals surface area contributed by atoms with Gasteiger partial charge in [-0.05, 0) is 28.9 Å². The van der Waals surface area contributed by atoms with E-state index in [1.54, 1.807) is 4.57 Å². The minimum Gasteiger partial charge on any atom is -0.329 e. The number of rotatable bonds is 2. The molecule has 2 aliphatic heterocycles. The first-order chi connectivity index (χ1) is 10.0. The van der Waals surface area contributed by atoms with E-state index in [2.05, 4.69) is 25.9 Å². The third-order valence-corrected chi connectivity index (χ3v) is 4.86. The maximum atomic E-state index is 12.2. The maximum absolute atomic E-state index is 12.2. The van der Waals surface area contributed by atoms with Crippen molar-refractivity contribution < 1.29 is 0 Å². The van der Waals surface area contributed by atoms with Gasteiger partial charge in [-0.3, -0.25) is 9.36 Å². The normalized spacial score (nSPS) is 11.2. The maximum Gasteiger partial charge on any atom is 0.352 e. The Morgan fingerprint density at radius 3 is 2.71 bits per heavy atom. The fraction of sp³-hybridized carbons (Fsp3) is 0.231. The summed E-state index contributed by atoms with van der Waals surface area (Å²) in [5.41, 5.74) is -0.0913. The summed E-state index contributed by atoms with van der Waals surface area (Å²) in [6.45, 7) is 2.52. The van der Waals surface area contributed by atoms with Crippen LogP contribution in [0.1, 0.15) is 6.92 Å². The van der Waals surface area contributed by atoms with Crippen molar-refractivity contribution in [1.29, 1.82) is 0 Å². The fourth-order valence-corrected chi connectivity index (χ4v) is 3.41. The SMILES string of the molecule is CCn1cc(-c2cc(Br)cs2)nc2c(=O)n(C)c(=O)nc1-2. The molecule has 1 aromatic heterocycles. The summed E-state index contributed by atoms with van der Waals surface area (Å²) in [6.07, 6.45) is 1.81. The molecule has 0 atom stereocenters. The van der Waals surface area contributed by atoms with Crippen LogP contribution in [0.5, 0.6) is 0 Å². The number of aromatic nitrogens is 4. The van der Waals surface area contributed by atoms with Crippen LogP contribution in [0.4, 0.5) is 0 Å². The van der Waals surface area contributed by atoms with E-state index in [1.165, 1.54) is 18.4 Å². The highest BCUT2D eigenvalue weighted by Gasteiger charge is 2.19. The van der Waals surface area contributed by atoms with E-state index in [9.17, 15) is 9.59 Å². The first-order valence-electron chi connectivity index (χ1n) is 6.24. The van der Waals surface area contributed by atoms with Crippen LogP contribution in [0.2, 0.25) is 0 Å². The lowest BCUT2D eigenvalue weighted by Crippen LogP contribution is -2.36. The summed E-state index contributed by atoms with van der Waals surface area (Å²) < 4.78 is 3.71. The molecule has 2 aliphatic rings. The van der Waals surface area contributed by atoms with Gasteiger partial charge in [-0.15, -0.1) is 11.3 Å². The lowest BCUT2D eigenvalue weighted by molar-refractivity contribution is 0.698. The highest BCUT2D eigenvalue weighted by atomic mass is 79.9. The molecule has 0 N–H and O–H groups in total. The molecule has 108 valence electrons. The fourth-order valence-electron chi connectivity index (χ4n) is 2.02. The van der Waals surface area contributed by atoms with E-state index >= 15 is 0 Å². The van der Waals surface area contributed by atoms with E-state index in [0.717, 1.165) is 13.9 Å². The zero-order chi connectivity index (χ0) is 15.1. The average molecular weight is 367 g/mol. The second-order valence-electron chi connectivity index (χ2n) is 4.47. The number of nitrogens with zero attached hydrogens (tertiary/aromatic N) is 4. The summed E-state index contributed by atoms with van der Waals surface area (Å²) in [6, 6.07) is 1.94. The van der Waals surface area contributed by atoms with Gasteiger partial charge in [-0.2, -0.15) is 4.98 Å². The van der Waals surface area contributed by atoms with Crippen LogP contribution >= 0.6 is 27.3 Å². The Morgan fingerprint density at radius 1 is 1.33 bits per heavy atom. The summed E-state index contributed by atoms with van der Waals surface area (Å²) >= 11 is 4.94. The van der Waals surface area contributed by atoms with Crippen molar-refractivity contribution in [3.8, 4) is 22.1 Å². The molecule has 0 bridgehead atoms. The van der Waals surface area contributed by atoms with Crippen LogP contribution in [0.25, 0.3) is 22.1 Å². The van der Waals surface area contributed by atoms with Crippen LogP contribution < -0.4 is 11.2 Å². The monoisotopic (exact) mass is 366 g/mol. The van der Waals surface area contributed by atoms with Gasteiger partial charge in [0.1, 0.15) is 0 Å². The van der Waals surface area contributed by atoms with Crippen molar-refractivity contribution in [2.45, 2.75) is 13.5 Å².